The fourth-order valence-electron chi connectivity index (χ4n) is 4.03. The number of thiophene rings is 1. The van der Waals surface area contributed by atoms with Gasteiger partial charge in [0.15, 0.2) is 5.82 Å². The highest BCUT2D eigenvalue weighted by Crippen LogP contribution is 2.40. The van der Waals surface area contributed by atoms with Crippen molar-refractivity contribution < 1.29 is 9.53 Å². The summed E-state index contributed by atoms with van der Waals surface area (Å²) in [6.07, 6.45) is 4.23. The van der Waals surface area contributed by atoms with Crippen molar-refractivity contribution in [3.8, 4) is 16.2 Å². The van der Waals surface area contributed by atoms with Crippen LogP contribution in [0.1, 0.15) is 65.8 Å². The molecule has 5 rings (SSSR count). The summed E-state index contributed by atoms with van der Waals surface area (Å²) in [7, 11) is 0. The van der Waals surface area contributed by atoms with Gasteiger partial charge in [-0.2, -0.15) is 5.10 Å². The lowest BCUT2D eigenvalue weighted by molar-refractivity contribution is 0.0712. The van der Waals surface area contributed by atoms with Crippen LogP contribution in [0.15, 0.2) is 36.4 Å². The normalized spacial score (nSPS) is 17.3. The quantitative estimate of drug-likeness (QED) is 0.618. The first-order valence-electron chi connectivity index (χ1n) is 10.8. The molecule has 1 saturated carbocycles. The lowest BCUT2D eigenvalue weighted by Gasteiger charge is -2.30. The molecule has 2 aliphatic rings. The van der Waals surface area contributed by atoms with Crippen LogP contribution in [-0.4, -0.2) is 45.7 Å². The van der Waals surface area contributed by atoms with Crippen LogP contribution < -0.4 is 4.74 Å². The van der Waals surface area contributed by atoms with E-state index in [-0.39, 0.29) is 5.91 Å². The van der Waals surface area contributed by atoms with Crippen molar-refractivity contribution in [2.75, 3.05) is 19.7 Å². The molecule has 30 heavy (non-hydrogen) atoms. The van der Waals surface area contributed by atoms with Crippen molar-refractivity contribution in [3.63, 3.8) is 0 Å². The SMILES string of the molecule is CCOc1cc(-c2ccccc2)sc1C(=O)N1CCC(c2nc(C3CC3)n[nH]2)CC1. The third-order valence-electron chi connectivity index (χ3n) is 5.88. The molecular formula is C23H26N4O2S. The molecule has 2 fully saturated rings. The van der Waals surface area contributed by atoms with Crippen LogP contribution in [0.25, 0.3) is 10.4 Å². The van der Waals surface area contributed by atoms with E-state index in [4.69, 9.17) is 9.72 Å². The van der Waals surface area contributed by atoms with Crippen LogP contribution in [0.2, 0.25) is 0 Å². The third-order valence-corrected chi connectivity index (χ3v) is 7.04. The van der Waals surface area contributed by atoms with E-state index < -0.39 is 0 Å². The Labute approximate surface area is 180 Å². The number of hydrogen-bond acceptors (Lipinski definition) is 5. The lowest BCUT2D eigenvalue weighted by atomic mass is 9.96. The molecule has 0 bridgehead atoms. The molecule has 0 unspecified atom stereocenters. The number of benzene rings is 1. The first kappa shape index (κ1) is 19.3. The molecule has 2 aromatic heterocycles. The zero-order valence-corrected chi connectivity index (χ0v) is 18.0. The van der Waals surface area contributed by atoms with Gasteiger partial charge in [0.25, 0.3) is 5.91 Å². The van der Waals surface area contributed by atoms with Gasteiger partial charge in [-0.25, -0.2) is 4.98 Å². The predicted molar refractivity (Wildman–Crippen MR) is 117 cm³/mol. The number of carbonyl (C=O) groups excluding carboxylic acids is 1. The number of rotatable bonds is 6. The van der Waals surface area contributed by atoms with Gasteiger partial charge in [0.2, 0.25) is 0 Å². The maximum atomic E-state index is 13.3. The van der Waals surface area contributed by atoms with E-state index in [0.717, 1.165) is 48.0 Å². The van der Waals surface area contributed by atoms with Crippen molar-refractivity contribution in [1.82, 2.24) is 20.1 Å². The molecule has 1 N–H and O–H groups in total. The first-order chi connectivity index (χ1) is 14.7. The number of aromatic amines is 1. The minimum absolute atomic E-state index is 0.0697. The Kier molecular flexibility index (Phi) is 5.29. The van der Waals surface area contributed by atoms with Crippen LogP contribution in [-0.2, 0) is 0 Å². The number of carbonyl (C=O) groups is 1. The first-order valence-corrected chi connectivity index (χ1v) is 11.6. The van der Waals surface area contributed by atoms with E-state index >= 15 is 0 Å². The van der Waals surface area contributed by atoms with Crippen molar-refractivity contribution in [2.45, 2.75) is 44.4 Å². The van der Waals surface area contributed by atoms with E-state index in [9.17, 15) is 4.79 Å². The van der Waals surface area contributed by atoms with Crippen molar-refractivity contribution in [3.05, 3.63) is 52.9 Å². The average Bonchev–Trinajstić information content (AvgIpc) is 3.37. The van der Waals surface area contributed by atoms with Gasteiger partial charge in [-0.1, -0.05) is 30.3 Å². The van der Waals surface area contributed by atoms with Crippen LogP contribution in [0.5, 0.6) is 5.75 Å². The Morgan fingerprint density at radius 2 is 1.93 bits per heavy atom. The highest BCUT2D eigenvalue weighted by atomic mass is 32.1. The third kappa shape index (κ3) is 3.86. The number of nitrogens with one attached hydrogen (secondary N) is 1. The molecule has 3 aromatic rings. The number of hydrogen-bond donors (Lipinski definition) is 1. The van der Waals surface area contributed by atoms with Gasteiger partial charge in [-0.05, 0) is 44.2 Å². The molecule has 1 amide bonds. The van der Waals surface area contributed by atoms with Crippen LogP contribution >= 0.6 is 11.3 Å². The highest BCUT2D eigenvalue weighted by Gasteiger charge is 2.32. The molecule has 156 valence electrons. The molecule has 0 radical (unpaired) electrons. The zero-order valence-electron chi connectivity index (χ0n) is 17.1. The summed E-state index contributed by atoms with van der Waals surface area (Å²) in [4.78, 5) is 21.7. The van der Waals surface area contributed by atoms with Gasteiger partial charge in [-0.15, -0.1) is 11.3 Å². The van der Waals surface area contributed by atoms with E-state index in [0.29, 0.717) is 29.1 Å². The maximum Gasteiger partial charge on any atom is 0.267 e. The molecule has 1 aromatic carbocycles. The molecule has 1 saturated heterocycles. The van der Waals surface area contributed by atoms with E-state index in [1.54, 1.807) is 0 Å². The van der Waals surface area contributed by atoms with Gasteiger partial charge in [0, 0.05) is 29.8 Å². The zero-order chi connectivity index (χ0) is 20.5. The molecule has 0 atom stereocenters. The van der Waals surface area contributed by atoms with E-state index in [1.165, 1.54) is 24.2 Å². The Balaban J connectivity index is 1.29. The largest absolute Gasteiger partial charge is 0.492 e. The Bertz CT molecular complexity index is 1020. The van der Waals surface area contributed by atoms with E-state index in [2.05, 4.69) is 22.3 Å². The molecule has 3 heterocycles. The van der Waals surface area contributed by atoms with E-state index in [1.807, 2.05) is 36.1 Å². The summed E-state index contributed by atoms with van der Waals surface area (Å²) in [5, 5.41) is 7.52. The van der Waals surface area contributed by atoms with Crippen molar-refractivity contribution >= 4 is 17.2 Å². The summed E-state index contributed by atoms with van der Waals surface area (Å²) in [6, 6.07) is 12.2. The number of nitrogens with zero attached hydrogens (tertiary/aromatic N) is 3. The molecule has 6 nitrogen and oxygen atoms in total. The highest BCUT2D eigenvalue weighted by molar-refractivity contribution is 7.17. The van der Waals surface area contributed by atoms with Crippen LogP contribution in [0.4, 0.5) is 0 Å². The summed E-state index contributed by atoms with van der Waals surface area (Å²) in [5.74, 6) is 3.63. The summed E-state index contributed by atoms with van der Waals surface area (Å²) in [6.45, 7) is 3.95. The number of H-pyrrole nitrogens is 1. The number of piperidine rings is 1. The van der Waals surface area contributed by atoms with Gasteiger partial charge in [0.1, 0.15) is 16.5 Å². The van der Waals surface area contributed by atoms with Gasteiger partial charge in [0.05, 0.1) is 6.61 Å². The smallest absolute Gasteiger partial charge is 0.267 e. The predicted octanol–water partition coefficient (Wildman–Crippen LogP) is 4.83. The maximum absolute atomic E-state index is 13.3. The Morgan fingerprint density at radius 3 is 2.63 bits per heavy atom. The minimum Gasteiger partial charge on any atom is -0.492 e. The average molecular weight is 423 g/mol. The molecule has 0 spiro atoms. The second kappa shape index (κ2) is 8.22. The number of amides is 1. The van der Waals surface area contributed by atoms with Crippen molar-refractivity contribution in [2.24, 2.45) is 0 Å². The summed E-state index contributed by atoms with van der Waals surface area (Å²) >= 11 is 1.52. The molecule has 1 aliphatic carbocycles. The van der Waals surface area contributed by atoms with Crippen LogP contribution in [0.3, 0.4) is 0 Å². The molecule has 7 heteroatoms. The molecule has 1 aliphatic heterocycles. The number of aromatic nitrogens is 3. The number of ether oxygens (including phenoxy) is 1. The fraction of sp³-hybridized carbons (Fsp3) is 0.435. The minimum atomic E-state index is 0.0697. The van der Waals surface area contributed by atoms with Gasteiger partial charge in [-0.3, -0.25) is 9.89 Å². The second-order valence-electron chi connectivity index (χ2n) is 8.02. The second-order valence-corrected chi connectivity index (χ2v) is 9.07. The Morgan fingerprint density at radius 1 is 1.17 bits per heavy atom. The monoisotopic (exact) mass is 422 g/mol. The summed E-state index contributed by atoms with van der Waals surface area (Å²) < 4.78 is 5.81. The summed E-state index contributed by atoms with van der Waals surface area (Å²) in [5.41, 5.74) is 1.11. The number of likely N-dealkylation sites (tertiary alicyclic amines) is 1. The topological polar surface area (TPSA) is 71.1 Å². The lowest BCUT2D eigenvalue weighted by Crippen LogP contribution is -2.37. The Hall–Kier alpha value is -2.67. The van der Waals surface area contributed by atoms with Crippen LogP contribution in [0, 0.1) is 0 Å². The standard InChI is InChI=1S/C23H26N4O2S/c1-2-29-18-14-19(15-6-4-3-5-7-15)30-20(18)23(28)27-12-10-17(11-13-27)22-24-21(25-26-22)16-8-9-16/h3-7,14,16-17H,2,8-13H2,1H3,(H,24,25,26). The van der Waals surface area contributed by atoms with Gasteiger partial charge >= 0.3 is 0 Å². The van der Waals surface area contributed by atoms with Crippen molar-refractivity contribution in [1.29, 1.82) is 0 Å². The molecular weight excluding hydrogens is 396 g/mol. The van der Waals surface area contributed by atoms with Gasteiger partial charge < -0.3 is 9.64 Å². The fourth-order valence-corrected chi connectivity index (χ4v) is 5.10.